The highest BCUT2D eigenvalue weighted by molar-refractivity contribution is 5.92. The Labute approximate surface area is 173 Å². The van der Waals surface area contributed by atoms with Gasteiger partial charge in [-0.25, -0.2) is 4.79 Å². The topological polar surface area (TPSA) is 108 Å². The number of nitro benzene ring substituents is 1. The number of carbonyl (C=O) groups excluding carboxylic acids is 2. The second-order valence-corrected chi connectivity index (χ2v) is 6.82. The molecular formula is C21H22N2O7. The summed E-state index contributed by atoms with van der Waals surface area (Å²) in [5, 5.41) is 11.1. The summed E-state index contributed by atoms with van der Waals surface area (Å²) in [7, 11) is 2.88. The van der Waals surface area contributed by atoms with E-state index in [0.29, 0.717) is 6.54 Å². The van der Waals surface area contributed by atoms with Crippen LogP contribution in [0.1, 0.15) is 28.8 Å². The Morgan fingerprint density at radius 3 is 2.37 bits per heavy atom. The first-order valence-electron chi connectivity index (χ1n) is 9.35. The number of hydrogen-bond donors (Lipinski definition) is 0. The molecular weight excluding hydrogens is 392 g/mol. The van der Waals surface area contributed by atoms with Gasteiger partial charge in [-0.1, -0.05) is 12.1 Å². The molecule has 9 nitrogen and oxygen atoms in total. The number of hydrogen-bond acceptors (Lipinski definition) is 7. The number of nitro groups is 1. The molecule has 1 fully saturated rings. The maximum absolute atomic E-state index is 12.7. The number of ether oxygens (including phenoxy) is 3. The number of carbonyl (C=O) groups is 2. The van der Waals surface area contributed by atoms with Crippen molar-refractivity contribution in [2.75, 3.05) is 20.8 Å². The predicted molar refractivity (Wildman–Crippen MR) is 106 cm³/mol. The van der Waals surface area contributed by atoms with Gasteiger partial charge in [0, 0.05) is 18.7 Å². The first-order valence-corrected chi connectivity index (χ1v) is 9.35. The van der Waals surface area contributed by atoms with Gasteiger partial charge in [0.15, 0.2) is 12.4 Å². The molecule has 1 aliphatic carbocycles. The maximum atomic E-state index is 12.7. The van der Waals surface area contributed by atoms with E-state index in [-0.39, 0.29) is 28.9 Å². The third-order valence-corrected chi connectivity index (χ3v) is 4.76. The quantitative estimate of drug-likeness (QED) is 0.353. The summed E-state index contributed by atoms with van der Waals surface area (Å²) in [6.45, 7) is -0.0373. The monoisotopic (exact) mass is 414 g/mol. The Bertz CT molecular complexity index is 939. The van der Waals surface area contributed by atoms with Gasteiger partial charge in [-0.15, -0.1) is 0 Å². The molecule has 0 aliphatic heterocycles. The summed E-state index contributed by atoms with van der Waals surface area (Å²) in [5.74, 6) is -0.364. The molecule has 0 saturated heterocycles. The molecule has 0 unspecified atom stereocenters. The highest BCUT2D eigenvalue weighted by atomic mass is 16.6. The standard InChI is InChI=1S/C21H22N2O7/c1-28-17-8-3-14(4-9-17)12-22(16-6-7-16)20(24)13-30-21(25)15-5-10-19(29-2)18(11-15)23(26)27/h3-5,8-11,16H,6-7,12-13H2,1-2H3. The van der Waals surface area contributed by atoms with Crippen LogP contribution in [0.5, 0.6) is 11.5 Å². The van der Waals surface area contributed by atoms with E-state index >= 15 is 0 Å². The van der Waals surface area contributed by atoms with Gasteiger partial charge in [-0.3, -0.25) is 14.9 Å². The van der Waals surface area contributed by atoms with Crippen molar-refractivity contribution in [1.29, 1.82) is 0 Å². The summed E-state index contributed by atoms with van der Waals surface area (Å²) in [5.41, 5.74) is 0.564. The van der Waals surface area contributed by atoms with E-state index in [0.717, 1.165) is 30.2 Å². The minimum absolute atomic E-state index is 0.0246. The van der Waals surface area contributed by atoms with Crippen molar-refractivity contribution in [3.8, 4) is 11.5 Å². The van der Waals surface area contributed by atoms with Crippen molar-refractivity contribution in [2.45, 2.75) is 25.4 Å². The van der Waals surface area contributed by atoms with Crippen molar-refractivity contribution in [3.05, 3.63) is 63.7 Å². The highest BCUT2D eigenvalue weighted by Crippen LogP contribution is 2.30. The van der Waals surface area contributed by atoms with Crippen LogP contribution in [0, 0.1) is 10.1 Å². The Kier molecular flexibility index (Phi) is 6.51. The lowest BCUT2D eigenvalue weighted by molar-refractivity contribution is -0.385. The van der Waals surface area contributed by atoms with E-state index in [4.69, 9.17) is 14.2 Å². The average molecular weight is 414 g/mol. The molecule has 0 radical (unpaired) electrons. The van der Waals surface area contributed by atoms with Gasteiger partial charge in [0.1, 0.15) is 5.75 Å². The summed E-state index contributed by atoms with van der Waals surface area (Å²) in [6, 6.07) is 11.3. The molecule has 2 aromatic carbocycles. The first kappa shape index (κ1) is 21.1. The molecule has 0 bridgehead atoms. The lowest BCUT2D eigenvalue weighted by Crippen LogP contribution is -2.36. The van der Waals surface area contributed by atoms with Crippen LogP contribution in [0.2, 0.25) is 0 Å². The molecule has 1 amide bonds. The average Bonchev–Trinajstić information content (AvgIpc) is 3.60. The Morgan fingerprint density at radius 2 is 1.80 bits per heavy atom. The van der Waals surface area contributed by atoms with Gasteiger partial charge < -0.3 is 19.1 Å². The fourth-order valence-electron chi connectivity index (χ4n) is 2.99. The van der Waals surface area contributed by atoms with Gasteiger partial charge in [0.25, 0.3) is 5.91 Å². The summed E-state index contributed by atoms with van der Waals surface area (Å²) >= 11 is 0. The van der Waals surface area contributed by atoms with Gasteiger partial charge in [-0.2, -0.15) is 0 Å². The van der Waals surface area contributed by atoms with E-state index in [2.05, 4.69) is 0 Å². The molecule has 158 valence electrons. The van der Waals surface area contributed by atoms with Crippen molar-refractivity contribution < 1.29 is 28.7 Å². The minimum atomic E-state index is -0.811. The summed E-state index contributed by atoms with van der Waals surface area (Å²) in [4.78, 5) is 37.1. The summed E-state index contributed by atoms with van der Waals surface area (Å²) < 4.78 is 15.2. The molecule has 3 rings (SSSR count). The molecule has 0 aromatic heterocycles. The number of rotatable bonds is 9. The van der Waals surface area contributed by atoms with Crippen LogP contribution in [0.15, 0.2) is 42.5 Å². The lowest BCUT2D eigenvalue weighted by atomic mass is 10.2. The number of nitrogens with zero attached hydrogens (tertiary/aromatic N) is 2. The molecule has 1 aliphatic rings. The Hall–Kier alpha value is -3.62. The number of amides is 1. The SMILES string of the molecule is COc1ccc(CN(C(=O)COC(=O)c2ccc(OC)c([N+](=O)[O-])c2)C2CC2)cc1. The van der Waals surface area contributed by atoms with Crippen molar-refractivity contribution >= 4 is 17.6 Å². The van der Waals surface area contributed by atoms with Crippen LogP contribution in [0.25, 0.3) is 0 Å². The van der Waals surface area contributed by atoms with Crippen molar-refractivity contribution in [3.63, 3.8) is 0 Å². The smallest absolute Gasteiger partial charge is 0.338 e. The fourth-order valence-corrected chi connectivity index (χ4v) is 2.99. The van der Waals surface area contributed by atoms with Gasteiger partial charge in [0.2, 0.25) is 0 Å². The normalized spacial score (nSPS) is 12.7. The zero-order valence-corrected chi connectivity index (χ0v) is 16.7. The Morgan fingerprint density at radius 1 is 1.10 bits per heavy atom. The molecule has 0 spiro atoms. The fraction of sp³-hybridized carbons (Fsp3) is 0.333. The maximum Gasteiger partial charge on any atom is 0.338 e. The van der Waals surface area contributed by atoms with Gasteiger partial charge >= 0.3 is 11.7 Å². The van der Waals surface area contributed by atoms with Crippen LogP contribution in [-0.4, -0.2) is 48.6 Å². The van der Waals surface area contributed by atoms with Crippen molar-refractivity contribution in [1.82, 2.24) is 4.90 Å². The second-order valence-electron chi connectivity index (χ2n) is 6.82. The molecule has 0 heterocycles. The number of methoxy groups -OCH3 is 2. The van der Waals surface area contributed by atoms with Crippen LogP contribution in [-0.2, 0) is 16.1 Å². The van der Waals surface area contributed by atoms with E-state index < -0.39 is 17.5 Å². The van der Waals surface area contributed by atoms with E-state index in [9.17, 15) is 19.7 Å². The number of benzene rings is 2. The van der Waals surface area contributed by atoms with E-state index in [1.165, 1.54) is 19.2 Å². The van der Waals surface area contributed by atoms with Crippen LogP contribution >= 0.6 is 0 Å². The van der Waals surface area contributed by atoms with Gasteiger partial charge in [-0.05, 0) is 42.7 Å². The van der Waals surface area contributed by atoms with Crippen LogP contribution < -0.4 is 9.47 Å². The summed E-state index contributed by atoms with van der Waals surface area (Å²) in [6.07, 6.45) is 1.81. The Balaban J connectivity index is 1.63. The van der Waals surface area contributed by atoms with Crippen molar-refractivity contribution in [2.24, 2.45) is 0 Å². The van der Waals surface area contributed by atoms with Gasteiger partial charge in [0.05, 0.1) is 24.7 Å². The second kappa shape index (κ2) is 9.25. The molecule has 1 saturated carbocycles. The molecule has 2 aromatic rings. The molecule has 0 N–H and O–H groups in total. The molecule has 0 atom stereocenters. The van der Waals surface area contributed by atoms with Crippen LogP contribution in [0.4, 0.5) is 5.69 Å². The third-order valence-electron chi connectivity index (χ3n) is 4.76. The van der Waals surface area contributed by atoms with E-state index in [1.807, 2.05) is 24.3 Å². The predicted octanol–water partition coefficient (Wildman–Crippen LogP) is 2.96. The minimum Gasteiger partial charge on any atom is -0.497 e. The zero-order valence-electron chi connectivity index (χ0n) is 16.7. The molecule has 9 heteroatoms. The lowest BCUT2D eigenvalue weighted by Gasteiger charge is -2.22. The zero-order chi connectivity index (χ0) is 21.7. The highest BCUT2D eigenvalue weighted by Gasteiger charge is 2.33. The molecule has 30 heavy (non-hydrogen) atoms. The van der Waals surface area contributed by atoms with E-state index in [1.54, 1.807) is 12.0 Å². The van der Waals surface area contributed by atoms with Crippen LogP contribution in [0.3, 0.4) is 0 Å². The third kappa shape index (κ3) is 5.05. The largest absolute Gasteiger partial charge is 0.497 e. The first-order chi connectivity index (χ1) is 14.4. The number of esters is 1.